The number of hydrogen-bond acceptors (Lipinski definition) is 7. The molecule has 0 aliphatic carbocycles. The minimum Gasteiger partial charge on any atom is -0.457 e. The van der Waals surface area contributed by atoms with E-state index in [2.05, 4.69) is 0 Å². The monoisotopic (exact) mass is 507 g/mol. The van der Waals surface area contributed by atoms with E-state index >= 15 is 0 Å². The van der Waals surface area contributed by atoms with Crippen LogP contribution in [0.15, 0.2) is 77.7 Å². The van der Waals surface area contributed by atoms with E-state index in [4.69, 9.17) is 8.92 Å². The van der Waals surface area contributed by atoms with E-state index in [9.17, 15) is 22.8 Å². The average molecular weight is 508 g/mol. The molecule has 186 valence electrons. The van der Waals surface area contributed by atoms with Gasteiger partial charge in [0.05, 0.1) is 5.92 Å². The van der Waals surface area contributed by atoms with E-state index in [0.717, 1.165) is 11.1 Å². The Hall–Kier alpha value is -3.98. The average Bonchev–Trinajstić information content (AvgIpc) is 3.25. The smallest absolute Gasteiger partial charge is 0.339 e. The topological polar surface area (TPSA) is 107 Å². The minimum atomic E-state index is -4.01. The van der Waals surface area contributed by atoms with Crippen LogP contribution >= 0.6 is 0 Å². The highest BCUT2D eigenvalue weighted by Crippen LogP contribution is 2.26. The van der Waals surface area contributed by atoms with Crippen molar-refractivity contribution in [3.8, 4) is 5.75 Å². The predicted octanol–water partition coefficient (Wildman–Crippen LogP) is 3.85. The Bertz CT molecular complexity index is 1380. The molecule has 1 aliphatic heterocycles. The number of carbonyl (C=O) groups is 3. The fourth-order valence-electron chi connectivity index (χ4n) is 3.75. The summed E-state index contributed by atoms with van der Waals surface area (Å²) in [7, 11) is -4.01. The summed E-state index contributed by atoms with van der Waals surface area (Å²) in [6, 6.07) is 19.2. The van der Waals surface area contributed by atoms with Crippen molar-refractivity contribution >= 4 is 33.5 Å². The SMILES string of the molecule is Cc1ccc(N2C[C@@H](C(=O)OCC(=O)c3ccc(OS(=O)(=O)c4ccc(C)cc4)cc3)CC2=O)cc1. The number of esters is 1. The lowest BCUT2D eigenvalue weighted by molar-refractivity contribution is -0.147. The molecule has 1 fully saturated rings. The van der Waals surface area contributed by atoms with Crippen LogP contribution in [0.2, 0.25) is 0 Å². The van der Waals surface area contributed by atoms with Gasteiger partial charge in [0.15, 0.2) is 12.4 Å². The maximum atomic E-state index is 12.5. The van der Waals surface area contributed by atoms with Gasteiger partial charge in [-0.3, -0.25) is 14.4 Å². The number of carbonyl (C=O) groups excluding carboxylic acids is 3. The van der Waals surface area contributed by atoms with Crippen molar-refractivity contribution in [2.45, 2.75) is 25.2 Å². The molecule has 0 aromatic heterocycles. The van der Waals surface area contributed by atoms with Crippen molar-refractivity contribution in [2.24, 2.45) is 5.92 Å². The molecule has 0 radical (unpaired) electrons. The van der Waals surface area contributed by atoms with Gasteiger partial charge in [-0.1, -0.05) is 35.4 Å². The molecule has 4 rings (SSSR count). The number of Topliss-reactive ketones (excluding diaryl/α,β-unsaturated/α-hetero) is 1. The van der Waals surface area contributed by atoms with Gasteiger partial charge in [0.2, 0.25) is 5.91 Å². The number of nitrogens with zero attached hydrogens (tertiary/aromatic N) is 1. The second kappa shape index (κ2) is 10.3. The van der Waals surface area contributed by atoms with E-state index < -0.39 is 34.4 Å². The van der Waals surface area contributed by atoms with Crippen molar-refractivity contribution in [3.05, 3.63) is 89.5 Å². The molecule has 3 aromatic rings. The summed E-state index contributed by atoms with van der Waals surface area (Å²) >= 11 is 0. The molecule has 0 N–H and O–H groups in total. The van der Waals surface area contributed by atoms with Crippen molar-refractivity contribution < 1.29 is 31.7 Å². The summed E-state index contributed by atoms with van der Waals surface area (Å²) in [6.07, 6.45) is 0.0163. The number of ether oxygens (including phenoxy) is 1. The number of hydrogen-bond donors (Lipinski definition) is 0. The van der Waals surface area contributed by atoms with Crippen LogP contribution in [0.25, 0.3) is 0 Å². The zero-order chi connectivity index (χ0) is 25.9. The van der Waals surface area contributed by atoms with E-state index in [0.29, 0.717) is 5.69 Å². The molecule has 0 bridgehead atoms. The van der Waals surface area contributed by atoms with Gasteiger partial charge in [-0.15, -0.1) is 0 Å². The molecule has 3 aromatic carbocycles. The molecule has 1 saturated heterocycles. The van der Waals surface area contributed by atoms with Crippen LogP contribution < -0.4 is 9.08 Å². The third-order valence-electron chi connectivity index (χ3n) is 5.84. The van der Waals surface area contributed by atoms with Crippen molar-refractivity contribution in [1.82, 2.24) is 0 Å². The van der Waals surface area contributed by atoms with Crippen molar-refractivity contribution in [1.29, 1.82) is 0 Å². The van der Waals surface area contributed by atoms with Gasteiger partial charge in [-0.05, 0) is 62.4 Å². The third-order valence-corrected chi connectivity index (χ3v) is 7.10. The lowest BCUT2D eigenvalue weighted by Gasteiger charge is -2.16. The van der Waals surface area contributed by atoms with Gasteiger partial charge in [-0.25, -0.2) is 0 Å². The summed E-state index contributed by atoms with van der Waals surface area (Å²) in [4.78, 5) is 38.9. The maximum absolute atomic E-state index is 12.5. The Kier molecular flexibility index (Phi) is 7.21. The summed E-state index contributed by atoms with van der Waals surface area (Å²) in [5, 5.41) is 0. The molecule has 1 amide bonds. The zero-order valence-electron chi connectivity index (χ0n) is 19.8. The van der Waals surface area contributed by atoms with Gasteiger partial charge < -0.3 is 13.8 Å². The predicted molar refractivity (Wildman–Crippen MR) is 132 cm³/mol. The number of anilines is 1. The summed E-state index contributed by atoms with van der Waals surface area (Å²) in [5.74, 6) is -1.87. The van der Waals surface area contributed by atoms with Crippen molar-refractivity contribution in [3.63, 3.8) is 0 Å². The maximum Gasteiger partial charge on any atom is 0.339 e. The normalized spacial score (nSPS) is 15.6. The fourth-order valence-corrected chi connectivity index (χ4v) is 4.68. The molecule has 1 atom stereocenters. The van der Waals surface area contributed by atoms with Gasteiger partial charge >= 0.3 is 16.1 Å². The van der Waals surface area contributed by atoms with Crippen LogP contribution in [-0.2, 0) is 24.4 Å². The standard InChI is InChI=1S/C27H25NO7S/c1-18-3-9-22(10-4-18)28-16-21(15-26(28)30)27(31)34-17-25(29)20-7-11-23(12-8-20)35-36(32,33)24-13-5-19(2)6-14-24/h3-14,21H,15-17H2,1-2H3/t21-/m0/s1. The van der Waals surface area contributed by atoms with Crippen LogP contribution in [0.4, 0.5) is 5.69 Å². The Morgan fingerprint density at radius 2 is 1.47 bits per heavy atom. The number of benzene rings is 3. The highest BCUT2D eigenvalue weighted by Gasteiger charge is 2.36. The first kappa shape index (κ1) is 25.1. The molecular formula is C27H25NO7S. The molecule has 36 heavy (non-hydrogen) atoms. The first-order valence-corrected chi connectivity index (χ1v) is 12.7. The molecule has 9 heteroatoms. The Morgan fingerprint density at radius 3 is 2.08 bits per heavy atom. The van der Waals surface area contributed by atoms with Crippen LogP contribution in [-0.4, -0.2) is 39.2 Å². The number of ketones is 1. The summed E-state index contributed by atoms with van der Waals surface area (Å²) in [6.45, 7) is 3.49. The highest BCUT2D eigenvalue weighted by molar-refractivity contribution is 7.87. The zero-order valence-corrected chi connectivity index (χ0v) is 20.7. The molecule has 0 saturated carbocycles. The fraction of sp³-hybridized carbons (Fsp3) is 0.222. The van der Waals surface area contributed by atoms with Gasteiger partial charge in [0.1, 0.15) is 10.6 Å². The highest BCUT2D eigenvalue weighted by atomic mass is 32.2. The second-order valence-electron chi connectivity index (χ2n) is 8.65. The first-order valence-electron chi connectivity index (χ1n) is 11.3. The lowest BCUT2D eigenvalue weighted by atomic mass is 10.1. The first-order chi connectivity index (χ1) is 17.1. The number of aryl methyl sites for hydroxylation is 2. The molecule has 0 unspecified atom stereocenters. The Balaban J connectivity index is 1.31. The van der Waals surface area contributed by atoms with Gasteiger partial charge in [0.25, 0.3) is 0 Å². The van der Waals surface area contributed by atoms with E-state index in [-0.39, 0.29) is 35.1 Å². The number of amides is 1. The molecule has 1 heterocycles. The molecule has 0 spiro atoms. The summed E-state index contributed by atoms with van der Waals surface area (Å²) < 4.78 is 35.1. The molecule has 1 aliphatic rings. The number of rotatable bonds is 8. The third kappa shape index (κ3) is 5.80. The van der Waals surface area contributed by atoms with Crippen LogP contribution in [0, 0.1) is 19.8 Å². The lowest BCUT2D eigenvalue weighted by Crippen LogP contribution is -2.27. The Labute approximate surface area is 209 Å². The van der Waals surface area contributed by atoms with E-state index in [1.807, 2.05) is 38.1 Å². The molecule has 8 nitrogen and oxygen atoms in total. The minimum absolute atomic E-state index is 0.0163. The largest absolute Gasteiger partial charge is 0.457 e. The van der Waals surface area contributed by atoms with Crippen LogP contribution in [0.5, 0.6) is 5.75 Å². The van der Waals surface area contributed by atoms with Crippen molar-refractivity contribution in [2.75, 3.05) is 18.1 Å². The molecular weight excluding hydrogens is 482 g/mol. The van der Waals surface area contributed by atoms with Gasteiger partial charge in [0, 0.05) is 24.2 Å². The van der Waals surface area contributed by atoms with Crippen LogP contribution in [0.1, 0.15) is 27.9 Å². The quantitative estimate of drug-likeness (QED) is 0.259. The van der Waals surface area contributed by atoms with Crippen LogP contribution in [0.3, 0.4) is 0 Å². The van der Waals surface area contributed by atoms with E-state index in [1.165, 1.54) is 41.3 Å². The second-order valence-corrected chi connectivity index (χ2v) is 10.2. The van der Waals surface area contributed by atoms with E-state index in [1.54, 1.807) is 12.1 Å². The summed E-state index contributed by atoms with van der Waals surface area (Å²) in [5.41, 5.74) is 2.92. The van der Waals surface area contributed by atoms with Gasteiger partial charge in [-0.2, -0.15) is 8.42 Å². The Morgan fingerprint density at radius 1 is 0.889 bits per heavy atom.